The summed E-state index contributed by atoms with van der Waals surface area (Å²) in [4.78, 5) is 16.7. The molecule has 2 aromatic carbocycles. The van der Waals surface area contributed by atoms with Gasteiger partial charge in [-0.1, -0.05) is 31.2 Å². The third-order valence-electron chi connectivity index (χ3n) is 3.86. The molecule has 0 saturated carbocycles. The highest BCUT2D eigenvalue weighted by Gasteiger charge is 2.10. The van der Waals surface area contributed by atoms with E-state index >= 15 is 0 Å². The Hall–Kier alpha value is -2.62. The van der Waals surface area contributed by atoms with Crippen LogP contribution in [0.1, 0.15) is 13.3 Å². The summed E-state index contributed by atoms with van der Waals surface area (Å²) in [6, 6.07) is 14.1. The van der Waals surface area contributed by atoms with Crippen LogP contribution in [0.4, 0.5) is 0 Å². The number of hydrogen-bond donors (Lipinski definition) is 0. The molecular weight excluding hydrogens is 262 g/mol. The van der Waals surface area contributed by atoms with Crippen LogP contribution in [-0.4, -0.2) is 14.0 Å². The van der Waals surface area contributed by atoms with Crippen LogP contribution in [0.3, 0.4) is 0 Å². The number of hydrogen-bond acceptors (Lipinski definition) is 2. The van der Waals surface area contributed by atoms with Crippen LogP contribution in [-0.2, 0) is 6.54 Å². The van der Waals surface area contributed by atoms with Crippen molar-refractivity contribution in [2.24, 2.45) is 0 Å². The van der Waals surface area contributed by atoms with E-state index in [1.54, 1.807) is 10.6 Å². The molecule has 4 rings (SSSR count). The molecule has 0 bridgehead atoms. The van der Waals surface area contributed by atoms with Gasteiger partial charge in [0, 0.05) is 18.8 Å². The zero-order valence-electron chi connectivity index (χ0n) is 11.8. The van der Waals surface area contributed by atoms with Gasteiger partial charge < -0.3 is 0 Å². The van der Waals surface area contributed by atoms with Crippen molar-refractivity contribution in [1.29, 1.82) is 0 Å². The normalized spacial score (nSPS) is 11.7. The van der Waals surface area contributed by atoms with Gasteiger partial charge in [-0.2, -0.15) is 0 Å². The van der Waals surface area contributed by atoms with Gasteiger partial charge in [-0.05, 0) is 29.3 Å². The van der Waals surface area contributed by atoms with Crippen molar-refractivity contribution in [3.8, 4) is 0 Å². The summed E-state index contributed by atoms with van der Waals surface area (Å²) < 4.78 is 3.74. The predicted molar refractivity (Wildman–Crippen MR) is 84.8 cm³/mol. The van der Waals surface area contributed by atoms with E-state index in [2.05, 4.69) is 36.2 Å². The molecule has 21 heavy (non-hydrogen) atoms. The predicted octanol–water partition coefficient (Wildman–Crippen LogP) is 3.21. The third kappa shape index (κ3) is 1.76. The number of rotatable bonds is 2. The van der Waals surface area contributed by atoms with Crippen molar-refractivity contribution in [1.82, 2.24) is 14.0 Å². The van der Waals surface area contributed by atoms with Gasteiger partial charge in [0.1, 0.15) is 0 Å². The number of nitrogens with zero attached hydrogens (tertiary/aromatic N) is 3. The second-order valence-electron chi connectivity index (χ2n) is 5.28. The molecule has 0 fully saturated rings. The molecule has 0 saturated heterocycles. The number of aryl methyl sites for hydroxylation is 1. The topological polar surface area (TPSA) is 39.3 Å². The molecule has 0 aliphatic rings. The van der Waals surface area contributed by atoms with Crippen LogP contribution in [0.15, 0.2) is 53.5 Å². The SMILES string of the molecule is CCCn1c(=O)ccn2c3cc4ccccc4cc3nc12. The van der Waals surface area contributed by atoms with Crippen molar-refractivity contribution < 1.29 is 0 Å². The summed E-state index contributed by atoms with van der Waals surface area (Å²) in [7, 11) is 0. The molecule has 0 atom stereocenters. The van der Waals surface area contributed by atoms with Crippen LogP contribution in [0.5, 0.6) is 0 Å². The third-order valence-corrected chi connectivity index (χ3v) is 3.86. The maximum atomic E-state index is 12.0. The largest absolute Gasteiger partial charge is 0.285 e. The fourth-order valence-electron chi connectivity index (χ4n) is 2.87. The van der Waals surface area contributed by atoms with Gasteiger partial charge in [0.15, 0.2) is 0 Å². The number of imidazole rings is 1. The number of fused-ring (bicyclic) bond motifs is 4. The average Bonchev–Trinajstić information content (AvgIpc) is 2.85. The lowest BCUT2D eigenvalue weighted by molar-refractivity contribution is 0.658. The Bertz CT molecular complexity index is 1030. The van der Waals surface area contributed by atoms with E-state index in [0.717, 1.165) is 28.6 Å². The molecule has 0 radical (unpaired) electrons. The van der Waals surface area contributed by atoms with Gasteiger partial charge in [0.05, 0.1) is 11.0 Å². The minimum atomic E-state index is 0.00390. The summed E-state index contributed by atoms with van der Waals surface area (Å²) in [5.74, 6) is 0.717. The fourth-order valence-corrected chi connectivity index (χ4v) is 2.87. The first-order chi connectivity index (χ1) is 10.3. The molecule has 0 amide bonds. The molecule has 2 heterocycles. The van der Waals surface area contributed by atoms with Crippen LogP contribution in [0.2, 0.25) is 0 Å². The standard InChI is InChI=1S/C17H15N3O/c1-2-8-20-16(21)7-9-19-15-11-13-6-4-3-5-12(13)10-14(15)18-17(19)20/h3-7,9-11H,2,8H2,1H3. The maximum absolute atomic E-state index is 12.0. The summed E-state index contributed by atoms with van der Waals surface area (Å²) in [6.07, 6.45) is 2.72. The monoisotopic (exact) mass is 277 g/mol. The van der Waals surface area contributed by atoms with Gasteiger partial charge in [0.2, 0.25) is 5.78 Å². The van der Waals surface area contributed by atoms with E-state index in [1.165, 1.54) is 5.39 Å². The lowest BCUT2D eigenvalue weighted by atomic mass is 10.1. The number of aromatic nitrogens is 3. The lowest BCUT2D eigenvalue weighted by Gasteiger charge is -2.05. The quantitative estimate of drug-likeness (QED) is 0.564. The summed E-state index contributed by atoms with van der Waals surface area (Å²) in [6.45, 7) is 2.75. The van der Waals surface area contributed by atoms with Gasteiger partial charge in [-0.25, -0.2) is 4.98 Å². The van der Waals surface area contributed by atoms with E-state index in [4.69, 9.17) is 0 Å². The molecule has 0 spiro atoms. The van der Waals surface area contributed by atoms with Crippen LogP contribution in [0, 0.1) is 0 Å². The van der Waals surface area contributed by atoms with Crippen molar-refractivity contribution in [3.05, 3.63) is 59.0 Å². The highest BCUT2D eigenvalue weighted by molar-refractivity contribution is 5.96. The van der Waals surface area contributed by atoms with E-state index in [1.807, 2.05) is 22.7 Å². The molecule has 0 unspecified atom stereocenters. The minimum Gasteiger partial charge on any atom is -0.285 e. The van der Waals surface area contributed by atoms with E-state index < -0.39 is 0 Å². The summed E-state index contributed by atoms with van der Waals surface area (Å²) in [5, 5.41) is 2.35. The first-order valence-electron chi connectivity index (χ1n) is 7.18. The molecule has 4 aromatic rings. The van der Waals surface area contributed by atoms with E-state index in [9.17, 15) is 4.79 Å². The van der Waals surface area contributed by atoms with Crippen LogP contribution >= 0.6 is 0 Å². The zero-order chi connectivity index (χ0) is 14.4. The van der Waals surface area contributed by atoms with Gasteiger partial charge in [-0.15, -0.1) is 0 Å². The summed E-state index contributed by atoms with van der Waals surface area (Å²) >= 11 is 0. The molecule has 4 nitrogen and oxygen atoms in total. The highest BCUT2D eigenvalue weighted by atomic mass is 16.1. The Morgan fingerprint density at radius 2 is 1.86 bits per heavy atom. The van der Waals surface area contributed by atoms with Crippen molar-refractivity contribution in [2.75, 3.05) is 0 Å². The molecule has 104 valence electrons. The Labute approximate surface area is 121 Å². The first-order valence-corrected chi connectivity index (χ1v) is 7.18. The summed E-state index contributed by atoms with van der Waals surface area (Å²) in [5.41, 5.74) is 1.96. The molecule has 0 aliphatic carbocycles. The van der Waals surface area contributed by atoms with Gasteiger partial charge in [-0.3, -0.25) is 13.8 Å². The van der Waals surface area contributed by atoms with E-state index in [0.29, 0.717) is 6.54 Å². The molecule has 2 aromatic heterocycles. The zero-order valence-corrected chi connectivity index (χ0v) is 11.8. The molecular formula is C17H15N3O. The van der Waals surface area contributed by atoms with Crippen molar-refractivity contribution in [2.45, 2.75) is 19.9 Å². The fraction of sp³-hybridized carbons (Fsp3) is 0.176. The van der Waals surface area contributed by atoms with E-state index in [-0.39, 0.29) is 5.56 Å². The molecule has 4 heteroatoms. The number of benzene rings is 2. The maximum Gasteiger partial charge on any atom is 0.254 e. The van der Waals surface area contributed by atoms with Crippen molar-refractivity contribution >= 4 is 27.6 Å². The van der Waals surface area contributed by atoms with Crippen LogP contribution < -0.4 is 5.56 Å². The highest BCUT2D eigenvalue weighted by Crippen LogP contribution is 2.23. The van der Waals surface area contributed by atoms with Gasteiger partial charge >= 0.3 is 0 Å². The van der Waals surface area contributed by atoms with Gasteiger partial charge in [0.25, 0.3) is 5.56 Å². The second kappa shape index (κ2) is 4.45. The Balaban J connectivity index is 2.17. The van der Waals surface area contributed by atoms with Crippen molar-refractivity contribution in [3.63, 3.8) is 0 Å². The average molecular weight is 277 g/mol. The lowest BCUT2D eigenvalue weighted by Crippen LogP contribution is -2.21. The Kier molecular flexibility index (Phi) is 2.57. The first kappa shape index (κ1) is 12.1. The molecule has 0 aliphatic heterocycles. The Morgan fingerprint density at radius 3 is 2.62 bits per heavy atom. The Morgan fingerprint density at radius 1 is 1.10 bits per heavy atom. The minimum absolute atomic E-state index is 0.00390. The van der Waals surface area contributed by atoms with Crippen LogP contribution in [0.25, 0.3) is 27.6 Å². The molecule has 0 N–H and O–H groups in total. The smallest absolute Gasteiger partial charge is 0.254 e. The second-order valence-corrected chi connectivity index (χ2v) is 5.28.